The van der Waals surface area contributed by atoms with Gasteiger partial charge in [-0.3, -0.25) is 0 Å². The molecule has 4 heteroatoms. The van der Waals surface area contributed by atoms with E-state index in [1.165, 1.54) is 77.0 Å². The molecule has 2 fully saturated rings. The second kappa shape index (κ2) is 13.6. The maximum absolute atomic E-state index is 13.5. The van der Waals surface area contributed by atoms with Gasteiger partial charge in [0.2, 0.25) is 0 Å². The molecule has 182 valence electrons. The molecule has 3 rings (SSSR count). The minimum Gasteiger partial charge on any atom is -0.378 e. The van der Waals surface area contributed by atoms with E-state index in [1.807, 2.05) is 0 Å². The summed E-state index contributed by atoms with van der Waals surface area (Å²) in [4.78, 5) is 0. The van der Waals surface area contributed by atoms with Gasteiger partial charge in [0.25, 0.3) is 0 Å². The third kappa shape index (κ3) is 8.08. The number of benzene rings is 1. The third-order valence-electron chi connectivity index (χ3n) is 7.90. The highest BCUT2D eigenvalue weighted by molar-refractivity contribution is 5.23. The van der Waals surface area contributed by atoms with Crippen molar-refractivity contribution >= 4 is 0 Å². The summed E-state index contributed by atoms with van der Waals surface area (Å²) in [6, 6.07) is 2.32. The number of unbranched alkanes of at least 4 members (excludes halogenated alkanes) is 6. The highest BCUT2D eigenvalue weighted by Crippen LogP contribution is 2.37. The van der Waals surface area contributed by atoms with Crippen LogP contribution in [0.5, 0.6) is 0 Å². The van der Waals surface area contributed by atoms with Crippen molar-refractivity contribution in [3.8, 4) is 0 Å². The maximum Gasteiger partial charge on any atom is 0.194 e. The average molecular weight is 453 g/mol. The normalized spacial score (nSPS) is 26.4. The van der Waals surface area contributed by atoms with Crippen molar-refractivity contribution in [2.75, 3.05) is 6.61 Å². The largest absolute Gasteiger partial charge is 0.378 e. The third-order valence-corrected chi connectivity index (χ3v) is 7.90. The second-order valence-electron chi connectivity index (χ2n) is 10.4. The first-order valence-electron chi connectivity index (χ1n) is 13.3. The number of rotatable bonds is 12. The zero-order chi connectivity index (χ0) is 22.8. The molecule has 0 amide bonds. The quantitative estimate of drug-likeness (QED) is 0.227. The van der Waals surface area contributed by atoms with Crippen molar-refractivity contribution in [3.63, 3.8) is 0 Å². The Morgan fingerprint density at radius 3 is 1.91 bits per heavy atom. The minimum absolute atomic E-state index is 0.0986. The molecule has 0 spiro atoms. The zero-order valence-corrected chi connectivity index (χ0v) is 20.0. The lowest BCUT2D eigenvalue weighted by molar-refractivity contribution is -0.00486. The minimum atomic E-state index is -1.37. The lowest BCUT2D eigenvalue weighted by Crippen LogP contribution is -2.25. The van der Waals surface area contributed by atoms with Gasteiger partial charge in [-0.2, -0.15) is 0 Å². The summed E-state index contributed by atoms with van der Waals surface area (Å²) in [6.45, 7) is 3.13. The van der Waals surface area contributed by atoms with Gasteiger partial charge in [-0.25, -0.2) is 13.2 Å². The summed E-state index contributed by atoms with van der Waals surface area (Å²) in [5.74, 6) is -1.82. The van der Waals surface area contributed by atoms with Crippen LogP contribution in [-0.4, -0.2) is 12.7 Å². The fourth-order valence-electron chi connectivity index (χ4n) is 5.72. The lowest BCUT2D eigenvalue weighted by atomic mass is 9.80. The monoisotopic (exact) mass is 452 g/mol. The fourth-order valence-corrected chi connectivity index (χ4v) is 5.72. The van der Waals surface area contributed by atoms with Crippen molar-refractivity contribution in [3.05, 3.63) is 35.1 Å². The van der Waals surface area contributed by atoms with Crippen LogP contribution in [-0.2, 0) is 4.74 Å². The first kappa shape index (κ1) is 25.6. The number of ether oxygens (including phenoxy) is 1. The topological polar surface area (TPSA) is 9.23 Å². The molecule has 0 N–H and O–H groups in total. The van der Waals surface area contributed by atoms with Crippen molar-refractivity contribution in [1.29, 1.82) is 0 Å². The SMILES string of the molecule is CCCCCCCCCC1CCC(COC2CCC(c3cc(F)c(F)c(F)c3)CC2)CC1. The molecule has 0 aliphatic heterocycles. The highest BCUT2D eigenvalue weighted by atomic mass is 19.2. The fraction of sp³-hybridized carbons (Fsp3) is 0.786. The Labute approximate surface area is 193 Å². The second-order valence-corrected chi connectivity index (χ2v) is 10.4. The molecule has 2 aliphatic rings. The molecule has 0 atom stereocenters. The standard InChI is InChI=1S/C28H43F3O/c1-2-3-4-5-6-7-8-9-21-10-12-22(13-11-21)20-32-25-16-14-23(15-17-25)24-18-26(29)28(31)27(30)19-24/h18-19,21-23,25H,2-17,20H2,1H3. The summed E-state index contributed by atoms with van der Waals surface area (Å²) in [7, 11) is 0. The molecule has 0 aromatic heterocycles. The van der Waals surface area contributed by atoms with Gasteiger partial charge < -0.3 is 4.74 Å². The summed E-state index contributed by atoms with van der Waals surface area (Å²) in [5.41, 5.74) is 0.583. The Morgan fingerprint density at radius 1 is 0.719 bits per heavy atom. The van der Waals surface area contributed by atoms with E-state index in [9.17, 15) is 13.2 Å². The summed E-state index contributed by atoms with van der Waals surface area (Å²) in [5, 5.41) is 0. The van der Waals surface area contributed by atoms with Crippen LogP contribution in [0.2, 0.25) is 0 Å². The Hall–Kier alpha value is -1.03. The van der Waals surface area contributed by atoms with Crippen LogP contribution in [0.25, 0.3) is 0 Å². The van der Waals surface area contributed by atoms with Crippen LogP contribution in [0.15, 0.2) is 12.1 Å². The Balaban J connectivity index is 1.25. The molecule has 2 saturated carbocycles. The number of halogens is 3. The maximum atomic E-state index is 13.5. The number of hydrogen-bond donors (Lipinski definition) is 0. The van der Waals surface area contributed by atoms with Gasteiger partial charge in [0.1, 0.15) is 0 Å². The van der Waals surface area contributed by atoms with E-state index >= 15 is 0 Å². The van der Waals surface area contributed by atoms with Gasteiger partial charge in [0.05, 0.1) is 6.10 Å². The van der Waals surface area contributed by atoms with Gasteiger partial charge >= 0.3 is 0 Å². The van der Waals surface area contributed by atoms with Crippen LogP contribution < -0.4 is 0 Å². The van der Waals surface area contributed by atoms with Crippen LogP contribution >= 0.6 is 0 Å². The van der Waals surface area contributed by atoms with E-state index in [0.717, 1.165) is 50.3 Å². The molecule has 0 unspecified atom stereocenters. The van der Waals surface area contributed by atoms with Gasteiger partial charge in [0, 0.05) is 6.61 Å². The first-order valence-corrected chi connectivity index (χ1v) is 13.3. The van der Waals surface area contributed by atoms with Crippen LogP contribution in [0.3, 0.4) is 0 Å². The Bertz CT molecular complexity index is 638. The zero-order valence-electron chi connectivity index (χ0n) is 20.0. The average Bonchev–Trinajstić information content (AvgIpc) is 2.81. The summed E-state index contributed by atoms with van der Waals surface area (Å²) < 4.78 is 46.5. The number of hydrogen-bond acceptors (Lipinski definition) is 1. The molecule has 1 aromatic carbocycles. The van der Waals surface area contributed by atoms with Gasteiger partial charge in [0.15, 0.2) is 17.5 Å². The predicted octanol–water partition coefficient (Wildman–Crippen LogP) is 9.09. The molecule has 0 bridgehead atoms. The van der Waals surface area contributed by atoms with Crippen molar-refractivity contribution < 1.29 is 17.9 Å². The summed E-state index contributed by atoms with van der Waals surface area (Å²) >= 11 is 0. The van der Waals surface area contributed by atoms with Gasteiger partial charge in [-0.1, -0.05) is 71.1 Å². The Morgan fingerprint density at radius 2 is 1.28 bits per heavy atom. The molecule has 0 heterocycles. The first-order chi connectivity index (χ1) is 15.6. The van der Waals surface area contributed by atoms with Crippen molar-refractivity contribution in [1.82, 2.24) is 0 Å². The van der Waals surface area contributed by atoms with E-state index in [2.05, 4.69) is 6.92 Å². The molecule has 32 heavy (non-hydrogen) atoms. The molecule has 1 nitrogen and oxygen atoms in total. The van der Waals surface area contributed by atoms with Crippen LogP contribution in [0, 0.1) is 29.3 Å². The molecular weight excluding hydrogens is 409 g/mol. The molecule has 1 aromatic rings. The Kier molecular flexibility index (Phi) is 10.9. The lowest BCUT2D eigenvalue weighted by Gasteiger charge is -2.32. The van der Waals surface area contributed by atoms with Crippen LogP contribution in [0.4, 0.5) is 13.2 Å². The molecule has 0 saturated heterocycles. The van der Waals surface area contributed by atoms with Crippen molar-refractivity contribution in [2.24, 2.45) is 11.8 Å². The molecule has 2 aliphatic carbocycles. The van der Waals surface area contributed by atoms with Crippen molar-refractivity contribution in [2.45, 2.75) is 122 Å². The molecule has 0 radical (unpaired) electrons. The van der Waals surface area contributed by atoms with E-state index in [0.29, 0.717) is 11.5 Å². The smallest absolute Gasteiger partial charge is 0.194 e. The van der Waals surface area contributed by atoms with E-state index in [4.69, 9.17) is 4.74 Å². The summed E-state index contributed by atoms with van der Waals surface area (Å²) in [6.07, 6.45) is 20.3. The van der Waals surface area contributed by atoms with E-state index in [1.54, 1.807) is 0 Å². The highest BCUT2D eigenvalue weighted by Gasteiger charge is 2.27. The molecular formula is C28H43F3O. The predicted molar refractivity (Wildman–Crippen MR) is 125 cm³/mol. The van der Waals surface area contributed by atoms with Gasteiger partial charge in [-0.05, 0) is 74.0 Å². The van der Waals surface area contributed by atoms with E-state index in [-0.39, 0.29) is 12.0 Å². The van der Waals surface area contributed by atoms with Gasteiger partial charge in [-0.15, -0.1) is 0 Å². The van der Waals surface area contributed by atoms with E-state index < -0.39 is 17.5 Å². The van der Waals surface area contributed by atoms with Crippen LogP contribution in [0.1, 0.15) is 121 Å².